The molecule has 2 aromatic carbocycles. The van der Waals surface area contributed by atoms with Gasteiger partial charge in [-0.25, -0.2) is 0 Å². The number of furan rings is 1. The second kappa shape index (κ2) is 7.27. The molecule has 0 unspecified atom stereocenters. The summed E-state index contributed by atoms with van der Waals surface area (Å²) in [5, 5.41) is 0. The number of allylic oxidation sites excluding steroid dienone is 1. The van der Waals surface area contributed by atoms with Gasteiger partial charge in [-0.1, -0.05) is 18.2 Å². The number of aryl methyl sites for hydroxylation is 2. The lowest BCUT2D eigenvalue weighted by atomic mass is 10.0. The van der Waals surface area contributed by atoms with Gasteiger partial charge in [-0.15, -0.1) is 0 Å². The van der Waals surface area contributed by atoms with Gasteiger partial charge in [0, 0.05) is 17.7 Å². The first kappa shape index (κ1) is 17.9. The SMILES string of the molecule is COc1ccccc1COc1cc(C)c2c(c1)O/C(=C\c1ccc(C)o1)C2=O. The fourth-order valence-corrected chi connectivity index (χ4v) is 3.20. The number of carbonyl (C=O) groups is 1. The van der Waals surface area contributed by atoms with Crippen LogP contribution in [0, 0.1) is 13.8 Å². The predicted molar refractivity (Wildman–Crippen MR) is 105 cm³/mol. The Morgan fingerprint density at radius 2 is 1.89 bits per heavy atom. The zero-order valence-electron chi connectivity index (χ0n) is 15.9. The van der Waals surface area contributed by atoms with E-state index in [9.17, 15) is 4.79 Å². The Morgan fingerprint density at radius 3 is 2.64 bits per heavy atom. The quantitative estimate of drug-likeness (QED) is 0.580. The molecule has 1 aliphatic rings. The topological polar surface area (TPSA) is 57.9 Å². The number of ether oxygens (including phenoxy) is 3. The summed E-state index contributed by atoms with van der Waals surface area (Å²) in [5.74, 6) is 3.34. The Morgan fingerprint density at radius 1 is 1.07 bits per heavy atom. The molecule has 1 aliphatic heterocycles. The van der Waals surface area contributed by atoms with E-state index >= 15 is 0 Å². The molecule has 4 rings (SSSR count). The number of methoxy groups -OCH3 is 1. The average Bonchev–Trinajstić information content (AvgIpc) is 3.23. The smallest absolute Gasteiger partial charge is 0.232 e. The normalized spacial score (nSPS) is 14.1. The van der Waals surface area contributed by atoms with E-state index in [1.807, 2.05) is 50.2 Å². The first-order chi connectivity index (χ1) is 13.5. The lowest BCUT2D eigenvalue weighted by Gasteiger charge is -2.11. The molecule has 0 bridgehead atoms. The molecule has 0 aliphatic carbocycles. The molecule has 0 amide bonds. The number of Topliss-reactive ketones (excluding diaryl/α,β-unsaturated/α-hetero) is 1. The summed E-state index contributed by atoms with van der Waals surface area (Å²) in [4.78, 5) is 12.7. The minimum absolute atomic E-state index is 0.155. The summed E-state index contributed by atoms with van der Waals surface area (Å²) in [6.45, 7) is 4.07. The molecule has 0 atom stereocenters. The standard InChI is InChI=1S/C23H20O5/c1-14-10-18(26-13-16-6-4-5-7-19(16)25-3)12-20-22(14)23(24)21(28-20)11-17-9-8-15(2)27-17/h4-12H,13H2,1-3H3/b21-11-. The van der Waals surface area contributed by atoms with Crippen molar-refractivity contribution >= 4 is 11.9 Å². The molecular formula is C23H20O5. The van der Waals surface area contributed by atoms with E-state index < -0.39 is 0 Å². The van der Waals surface area contributed by atoms with Crippen molar-refractivity contribution in [2.45, 2.75) is 20.5 Å². The number of para-hydroxylation sites is 1. The van der Waals surface area contributed by atoms with Crippen LogP contribution in [0.2, 0.25) is 0 Å². The maximum atomic E-state index is 12.7. The summed E-state index contributed by atoms with van der Waals surface area (Å²) < 4.78 is 22.6. The van der Waals surface area contributed by atoms with Gasteiger partial charge in [-0.05, 0) is 43.7 Å². The van der Waals surface area contributed by atoms with Crippen molar-refractivity contribution < 1.29 is 23.4 Å². The zero-order valence-corrected chi connectivity index (χ0v) is 15.9. The van der Waals surface area contributed by atoms with Crippen LogP contribution in [-0.4, -0.2) is 12.9 Å². The molecule has 3 aromatic rings. The average molecular weight is 376 g/mol. The molecule has 1 aromatic heterocycles. The minimum Gasteiger partial charge on any atom is -0.496 e. The molecule has 0 fully saturated rings. The number of hydrogen-bond acceptors (Lipinski definition) is 5. The second-order valence-electron chi connectivity index (χ2n) is 6.60. The summed E-state index contributed by atoms with van der Waals surface area (Å²) in [6.07, 6.45) is 1.62. The third-order valence-electron chi connectivity index (χ3n) is 4.56. The van der Waals surface area contributed by atoms with E-state index in [0.29, 0.717) is 29.4 Å². The molecular weight excluding hydrogens is 356 g/mol. The molecule has 142 valence electrons. The van der Waals surface area contributed by atoms with Gasteiger partial charge in [0.2, 0.25) is 5.78 Å². The van der Waals surface area contributed by atoms with Gasteiger partial charge in [0.05, 0.1) is 12.7 Å². The molecule has 0 spiro atoms. The molecule has 0 radical (unpaired) electrons. The number of rotatable bonds is 5. The van der Waals surface area contributed by atoms with Crippen molar-refractivity contribution in [3.8, 4) is 17.2 Å². The van der Waals surface area contributed by atoms with Crippen molar-refractivity contribution in [1.29, 1.82) is 0 Å². The van der Waals surface area contributed by atoms with E-state index in [4.69, 9.17) is 18.6 Å². The molecule has 2 heterocycles. The highest BCUT2D eigenvalue weighted by Crippen LogP contribution is 2.38. The first-order valence-corrected chi connectivity index (χ1v) is 8.95. The fraction of sp³-hybridized carbons (Fsp3) is 0.174. The van der Waals surface area contributed by atoms with Crippen LogP contribution in [0.15, 0.2) is 58.7 Å². The third kappa shape index (κ3) is 3.39. The Hall–Kier alpha value is -3.47. The number of ketones is 1. The van der Waals surface area contributed by atoms with Crippen LogP contribution in [0.5, 0.6) is 17.2 Å². The maximum absolute atomic E-state index is 12.7. The Kier molecular flexibility index (Phi) is 4.65. The van der Waals surface area contributed by atoms with E-state index in [1.54, 1.807) is 25.3 Å². The van der Waals surface area contributed by atoms with Gasteiger partial charge in [-0.3, -0.25) is 4.79 Å². The van der Waals surface area contributed by atoms with Crippen LogP contribution in [0.3, 0.4) is 0 Å². The Balaban J connectivity index is 1.57. The number of hydrogen-bond donors (Lipinski definition) is 0. The van der Waals surface area contributed by atoms with Gasteiger partial charge in [0.1, 0.15) is 35.4 Å². The predicted octanol–water partition coefficient (Wildman–Crippen LogP) is 5.10. The fourth-order valence-electron chi connectivity index (χ4n) is 3.20. The maximum Gasteiger partial charge on any atom is 0.232 e. The van der Waals surface area contributed by atoms with Gasteiger partial charge >= 0.3 is 0 Å². The summed E-state index contributed by atoms with van der Waals surface area (Å²) >= 11 is 0. The van der Waals surface area contributed by atoms with Crippen molar-refractivity contribution in [2.75, 3.05) is 7.11 Å². The molecule has 5 nitrogen and oxygen atoms in total. The van der Waals surface area contributed by atoms with Crippen LogP contribution >= 0.6 is 0 Å². The Bertz CT molecular complexity index is 1070. The lowest BCUT2D eigenvalue weighted by Crippen LogP contribution is -2.00. The summed E-state index contributed by atoms with van der Waals surface area (Å²) in [5.41, 5.74) is 2.30. The molecule has 28 heavy (non-hydrogen) atoms. The highest BCUT2D eigenvalue weighted by atomic mass is 16.5. The van der Waals surface area contributed by atoms with Crippen LogP contribution in [0.4, 0.5) is 0 Å². The first-order valence-electron chi connectivity index (χ1n) is 8.95. The van der Waals surface area contributed by atoms with Crippen LogP contribution in [0.1, 0.15) is 33.0 Å². The largest absolute Gasteiger partial charge is 0.496 e. The Labute approximate surface area is 163 Å². The number of carbonyl (C=O) groups excluding carboxylic acids is 1. The molecule has 5 heteroatoms. The van der Waals surface area contributed by atoms with Crippen molar-refractivity contribution in [2.24, 2.45) is 0 Å². The van der Waals surface area contributed by atoms with Crippen LogP contribution in [0.25, 0.3) is 6.08 Å². The number of fused-ring (bicyclic) bond motifs is 1. The lowest BCUT2D eigenvalue weighted by molar-refractivity contribution is 0.101. The van der Waals surface area contributed by atoms with E-state index in [2.05, 4.69) is 0 Å². The van der Waals surface area contributed by atoms with Crippen molar-refractivity contribution in [3.63, 3.8) is 0 Å². The van der Waals surface area contributed by atoms with E-state index in [-0.39, 0.29) is 11.5 Å². The second-order valence-corrected chi connectivity index (χ2v) is 6.60. The highest BCUT2D eigenvalue weighted by Gasteiger charge is 2.30. The minimum atomic E-state index is -0.155. The van der Waals surface area contributed by atoms with Crippen LogP contribution in [-0.2, 0) is 6.61 Å². The van der Waals surface area contributed by atoms with E-state index in [1.165, 1.54) is 0 Å². The van der Waals surface area contributed by atoms with Gasteiger partial charge in [-0.2, -0.15) is 0 Å². The third-order valence-corrected chi connectivity index (χ3v) is 4.56. The number of benzene rings is 2. The molecule has 0 N–H and O–H groups in total. The van der Waals surface area contributed by atoms with Crippen molar-refractivity contribution in [1.82, 2.24) is 0 Å². The summed E-state index contributed by atoms with van der Waals surface area (Å²) in [7, 11) is 1.63. The zero-order chi connectivity index (χ0) is 19.7. The van der Waals surface area contributed by atoms with Crippen LogP contribution < -0.4 is 14.2 Å². The summed E-state index contributed by atoms with van der Waals surface area (Å²) in [6, 6.07) is 14.9. The molecule has 0 saturated carbocycles. The van der Waals surface area contributed by atoms with Gasteiger partial charge in [0.15, 0.2) is 5.76 Å². The van der Waals surface area contributed by atoms with Gasteiger partial charge < -0.3 is 18.6 Å². The van der Waals surface area contributed by atoms with Crippen molar-refractivity contribution in [3.05, 3.63) is 82.5 Å². The monoisotopic (exact) mass is 376 g/mol. The van der Waals surface area contributed by atoms with Gasteiger partial charge in [0.25, 0.3) is 0 Å². The highest BCUT2D eigenvalue weighted by molar-refractivity contribution is 6.15. The molecule has 0 saturated heterocycles. The van der Waals surface area contributed by atoms with E-state index in [0.717, 1.165) is 22.6 Å².